The van der Waals surface area contributed by atoms with Crippen LogP contribution in [0.5, 0.6) is 5.75 Å². The Bertz CT molecular complexity index is 1000. The molecule has 0 saturated carbocycles. The summed E-state index contributed by atoms with van der Waals surface area (Å²) in [6, 6.07) is 10.4. The van der Waals surface area contributed by atoms with E-state index in [2.05, 4.69) is 5.32 Å². The summed E-state index contributed by atoms with van der Waals surface area (Å²) in [7, 11) is 0. The third-order valence-corrected chi connectivity index (χ3v) is 4.46. The zero-order chi connectivity index (χ0) is 19.4. The molecule has 1 aromatic heterocycles. The van der Waals surface area contributed by atoms with Gasteiger partial charge in [-0.1, -0.05) is 6.07 Å². The maximum atomic E-state index is 13.7. The summed E-state index contributed by atoms with van der Waals surface area (Å²) in [5.41, 5.74) is -0.639. The fourth-order valence-corrected chi connectivity index (χ4v) is 2.93. The first kappa shape index (κ1) is 21.6. The van der Waals surface area contributed by atoms with E-state index in [1.807, 2.05) is 17.5 Å². The molecule has 0 fully saturated rings. The van der Waals surface area contributed by atoms with E-state index in [0.29, 0.717) is 11.8 Å². The molecule has 140 valence electrons. The Kier molecular flexibility index (Phi) is 7.35. The van der Waals surface area contributed by atoms with Gasteiger partial charge in [0.15, 0.2) is 0 Å². The molecular formula is C19H14F2LiNO4S. The quantitative estimate of drug-likeness (QED) is 0.621. The molecule has 3 aromatic rings. The van der Waals surface area contributed by atoms with Gasteiger partial charge in [0.25, 0.3) is 5.91 Å². The smallest absolute Gasteiger partial charge is 1.00 e. The molecule has 0 aliphatic carbocycles. The number of anilines is 1. The molecule has 0 atom stereocenters. The van der Waals surface area contributed by atoms with E-state index in [9.17, 15) is 23.5 Å². The number of hydrogen-bond acceptors (Lipinski definition) is 4. The summed E-state index contributed by atoms with van der Waals surface area (Å²) in [4.78, 5) is 24.7. The van der Waals surface area contributed by atoms with Gasteiger partial charge >= 0.3 is 24.8 Å². The first-order chi connectivity index (χ1) is 12.9. The Morgan fingerprint density at radius 1 is 1.11 bits per heavy atom. The number of carbonyl (C=O) groups excluding carboxylic acids is 1. The number of nitrogens with one attached hydrogen (secondary N) is 1. The van der Waals surface area contributed by atoms with Gasteiger partial charge in [-0.3, -0.25) is 4.79 Å². The van der Waals surface area contributed by atoms with Crippen LogP contribution in [0.2, 0.25) is 0 Å². The minimum atomic E-state index is -1.29. The number of rotatable bonds is 6. The summed E-state index contributed by atoms with van der Waals surface area (Å²) < 4.78 is 32.2. The van der Waals surface area contributed by atoms with Crippen molar-refractivity contribution in [2.75, 3.05) is 5.32 Å². The van der Waals surface area contributed by atoms with Crippen LogP contribution in [0.4, 0.5) is 14.5 Å². The average molecular weight is 397 g/mol. The molecule has 0 aliphatic heterocycles. The third kappa shape index (κ3) is 5.20. The van der Waals surface area contributed by atoms with E-state index in [-0.39, 0.29) is 38.1 Å². The number of hydrogen-bond donors (Lipinski definition) is 2. The van der Waals surface area contributed by atoms with Crippen molar-refractivity contribution in [1.29, 1.82) is 0 Å². The minimum absolute atomic E-state index is 0. The molecule has 1 amide bonds. The maximum Gasteiger partial charge on any atom is 1.00 e. The summed E-state index contributed by atoms with van der Waals surface area (Å²) in [6.07, 6.45) is 0. The van der Waals surface area contributed by atoms with Gasteiger partial charge in [-0.25, -0.2) is 13.6 Å². The summed E-state index contributed by atoms with van der Waals surface area (Å²) in [5.74, 6) is -3.72. The first-order valence-corrected chi connectivity index (χ1v) is 8.61. The Balaban J connectivity index is 0.00000210. The molecule has 0 aliphatic rings. The standard InChI is InChI=1S/C19H13F2NO4S.Li.H/c20-11-3-5-14(16(21)8-11)18(23)22-17-6-4-12(9-15(17)19(24)25)26-10-13-2-1-7-27-13;;/h1-9H,10H2,(H,22,23)(H,24,25);;/q;+1;-1. The van der Waals surface area contributed by atoms with Crippen molar-refractivity contribution in [2.45, 2.75) is 6.61 Å². The van der Waals surface area contributed by atoms with Gasteiger partial charge in [-0.2, -0.15) is 0 Å². The largest absolute Gasteiger partial charge is 1.00 e. The van der Waals surface area contributed by atoms with Crippen molar-refractivity contribution in [3.05, 3.63) is 81.5 Å². The zero-order valence-corrected chi connectivity index (χ0v) is 15.6. The van der Waals surface area contributed by atoms with Crippen molar-refractivity contribution in [3.8, 4) is 5.75 Å². The van der Waals surface area contributed by atoms with Crippen molar-refractivity contribution >= 4 is 28.9 Å². The molecule has 28 heavy (non-hydrogen) atoms. The number of carboxylic acids is 1. The second-order valence-electron chi connectivity index (χ2n) is 5.46. The summed E-state index contributed by atoms with van der Waals surface area (Å²) >= 11 is 1.50. The SMILES string of the molecule is O=C(Nc1ccc(OCc2cccs2)cc1C(=O)O)c1ccc(F)cc1F.[H-].[Li+]. The number of ether oxygens (including phenoxy) is 1. The number of halogens is 2. The fraction of sp³-hybridized carbons (Fsp3) is 0.0526. The summed E-state index contributed by atoms with van der Waals surface area (Å²) in [6.45, 7) is 0.281. The van der Waals surface area contributed by atoms with Crippen LogP contribution < -0.4 is 28.9 Å². The van der Waals surface area contributed by atoms with Gasteiger partial charge in [0.05, 0.1) is 16.8 Å². The van der Waals surface area contributed by atoms with Crippen LogP contribution in [0.3, 0.4) is 0 Å². The first-order valence-electron chi connectivity index (χ1n) is 7.73. The minimum Gasteiger partial charge on any atom is -1.00 e. The Labute approximate surface area is 176 Å². The van der Waals surface area contributed by atoms with Crippen molar-refractivity contribution in [1.82, 2.24) is 0 Å². The van der Waals surface area contributed by atoms with Crippen LogP contribution in [0.25, 0.3) is 0 Å². The third-order valence-electron chi connectivity index (χ3n) is 3.61. The topological polar surface area (TPSA) is 75.6 Å². The molecule has 2 aromatic carbocycles. The molecule has 1 heterocycles. The van der Waals surface area contributed by atoms with E-state index in [1.165, 1.54) is 29.5 Å². The maximum absolute atomic E-state index is 13.7. The van der Waals surface area contributed by atoms with Crippen molar-refractivity contribution in [2.24, 2.45) is 0 Å². The number of thiophene rings is 1. The number of carbonyl (C=O) groups is 2. The second kappa shape index (κ2) is 9.51. The Hall–Kier alpha value is -2.66. The second-order valence-corrected chi connectivity index (χ2v) is 6.49. The van der Waals surface area contributed by atoms with Crippen molar-refractivity contribution < 1.29 is 48.5 Å². The number of aromatic carboxylic acids is 1. The van der Waals surface area contributed by atoms with Gasteiger partial charge in [-0.15, -0.1) is 11.3 Å². The zero-order valence-electron chi connectivity index (χ0n) is 15.7. The van der Waals surface area contributed by atoms with Crippen LogP contribution in [0.1, 0.15) is 27.0 Å². The van der Waals surface area contributed by atoms with E-state index in [0.717, 1.165) is 17.0 Å². The Morgan fingerprint density at radius 2 is 1.89 bits per heavy atom. The number of carboxylic acid groups (broad SMARTS) is 1. The molecule has 0 bridgehead atoms. The van der Waals surface area contributed by atoms with Gasteiger partial charge in [-0.05, 0) is 41.8 Å². The van der Waals surface area contributed by atoms with E-state index in [1.54, 1.807) is 0 Å². The fourth-order valence-electron chi connectivity index (χ4n) is 2.31. The van der Waals surface area contributed by atoms with Gasteiger partial charge in [0.1, 0.15) is 24.0 Å². The van der Waals surface area contributed by atoms with Crippen LogP contribution in [-0.4, -0.2) is 17.0 Å². The predicted molar refractivity (Wildman–Crippen MR) is 97.5 cm³/mol. The van der Waals surface area contributed by atoms with E-state index >= 15 is 0 Å². The molecular weight excluding hydrogens is 383 g/mol. The van der Waals surface area contributed by atoms with E-state index < -0.39 is 29.1 Å². The van der Waals surface area contributed by atoms with Gasteiger partial charge in [0, 0.05) is 10.9 Å². The molecule has 0 saturated heterocycles. The molecule has 0 unspecified atom stereocenters. The van der Waals surface area contributed by atoms with Crippen LogP contribution in [0, 0.1) is 11.6 Å². The molecule has 3 rings (SSSR count). The molecule has 9 heteroatoms. The molecule has 5 nitrogen and oxygen atoms in total. The normalized spacial score (nSPS) is 10.1. The molecule has 0 radical (unpaired) electrons. The van der Waals surface area contributed by atoms with Gasteiger partial charge < -0.3 is 16.6 Å². The van der Waals surface area contributed by atoms with Crippen LogP contribution in [0.15, 0.2) is 53.9 Å². The van der Waals surface area contributed by atoms with Crippen LogP contribution >= 0.6 is 11.3 Å². The molecule has 2 N–H and O–H groups in total. The summed E-state index contributed by atoms with van der Waals surface area (Å²) in [5, 5.41) is 13.6. The van der Waals surface area contributed by atoms with Gasteiger partial charge in [0.2, 0.25) is 0 Å². The molecule has 0 spiro atoms. The predicted octanol–water partition coefficient (Wildman–Crippen LogP) is 1.67. The van der Waals surface area contributed by atoms with Crippen molar-refractivity contribution in [3.63, 3.8) is 0 Å². The number of amides is 1. The number of benzene rings is 2. The monoisotopic (exact) mass is 397 g/mol. The Morgan fingerprint density at radius 3 is 2.54 bits per heavy atom. The van der Waals surface area contributed by atoms with E-state index in [4.69, 9.17) is 4.74 Å². The average Bonchev–Trinajstić information content (AvgIpc) is 3.14. The van der Waals surface area contributed by atoms with Crippen LogP contribution in [-0.2, 0) is 6.61 Å².